The van der Waals surface area contributed by atoms with Gasteiger partial charge in [-0.1, -0.05) is 18.2 Å². The van der Waals surface area contributed by atoms with Crippen molar-refractivity contribution in [3.05, 3.63) is 90.1 Å². The van der Waals surface area contributed by atoms with Crippen LogP contribution in [0.1, 0.15) is 5.56 Å². The lowest BCUT2D eigenvalue weighted by atomic mass is 10.2. The molecule has 0 radical (unpaired) electrons. The molecule has 4 rings (SSSR count). The third kappa shape index (κ3) is 3.25. The maximum Gasteiger partial charge on any atom is 0.268 e. The summed E-state index contributed by atoms with van der Waals surface area (Å²) in [6, 6.07) is 16.4. The topological polar surface area (TPSA) is 51.1 Å². The first kappa shape index (κ1) is 18.2. The van der Waals surface area contributed by atoms with Gasteiger partial charge in [0.05, 0.1) is 16.1 Å². The predicted molar refractivity (Wildman–Crippen MR) is 105 cm³/mol. The van der Waals surface area contributed by atoms with Crippen LogP contribution in [0.4, 0.5) is 20.2 Å². The van der Waals surface area contributed by atoms with Crippen molar-refractivity contribution < 1.29 is 17.2 Å². The van der Waals surface area contributed by atoms with E-state index in [1.54, 1.807) is 43.3 Å². The number of hydrogen-bond acceptors (Lipinski definition) is 3. The number of fused-ring (bicyclic) bond motifs is 1. The number of anilines is 2. The summed E-state index contributed by atoms with van der Waals surface area (Å²) in [4.78, 5) is -0.145. The number of rotatable bonds is 4. The summed E-state index contributed by atoms with van der Waals surface area (Å²) in [5, 5.41) is 3.66. The molecule has 0 atom stereocenters. The Kier molecular flexibility index (Phi) is 4.39. The second kappa shape index (κ2) is 6.76. The Bertz CT molecular complexity index is 1300. The van der Waals surface area contributed by atoms with E-state index in [2.05, 4.69) is 5.32 Å². The van der Waals surface area contributed by atoms with E-state index in [9.17, 15) is 17.2 Å². The van der Waals surface area contributed by atoms with E-state index in [1.165, 1.54) is 30.5 Å². The van der Waals surface area contributed by atoms with Gasteiger partial charge in [0, 0.05) is 17.3 Å². The molecule has 1 aromatic heterocycles. The Morgan fingerprint density at radius 1 is 0.929 bits per heavy atom. The van der Waals surface area contributed by atoms with E-state index in [4.69, 9.17) is 0 Å². The van der Waals surface area contributed by atoms with Gasteiger partial charge < -0.3 is 5.32 Å². The van der Waals surface area contributed by atoms with Crippen LogP contribution in [-0.2, 0) is 10.0 Å². The number of aromatic nitrogens is 1. The predicted octanol–water partition coefficient (Wildman–Crippen LogP) is 5.21. The summed E-state index contributed by atoms with van der Waals surface area (Å²) in [6.07, 6.45) is 1.42. The zero-order valence-electron chi connectivity index (χ0n) is 14.9. The number of hydrogen-bond donors (Lipinski definition) is 1. The fourth-order valence-electron chi connectivity index (χ4n) is 3.01. The zero-order valence-corrected chi connectivity index (χ0v) is 15.7. The van der Waals surface area contributed by atoms with Crippen LogP contribution in [-0.4, -0.2) is 12.4 Å². The van der Waals surface area contributed by atoms with Crippen LogP contribution in [0.5, 0.6) is 0 Å². The molecule has 0 fully saturated rings. The molecule has 0 aliphatic rings. The summed E-state index contributed by atoms with van der Waals surface area (Å²) in [7, 11) is -3.97. The molecule has 4 nitrogen and oxygen atoms in total. The summed E-state index contributed by atoms with van der Waals surface area (Å²) in [5.41, 5.74) is 2.02. The lowest BCUT2D eigenvalue weighted by Crippen LogP contribution is -2.12. The first-order valence-electron chi connectivity index (χ1n) is 8.50. The van der Waals surface area contributed by atoms with E-state index in [0.29, 0.717) is 16.6 Å². The zero-order chi connectivity index (χ0) is 19.9. The highest BCUT2D eigenvalue weighted by Crippen LogP contribution is 2.27. The number of nitrogens with one attached hydrogen (secondary N) is 1. The van der Waals surface area contributed by atoms with E-state index in [0.717, 1.165) is 15.6 Å². The average Bonchev–Trinajstić information content (AvgIpc) is 3.08. The van der Waals surface area contributed by atoms with Gasteiger partial charge in [-0.05, 0) is 61.0 Å². The molecular formula is C21H16F2N2O2S. The van der Waals surface area contributed by atoms with Crippen molar-refractivity contribution in [2.24, 2.45) is 0 Å². The molecule has 142 valence electrons. The third-order valence-electron chi connectivity index (χ3n) is 4.41. The second-order valence-electron chi connectivity index (χ2n) is 6.46. The summed E-state index contributed by atoms with van der Waals surface area (Å²) < 4.78 is 54.6. The van der Waals surface area contributed by atoms with Gasteiger partial charge in [0.1, 0.15) is 11.6 Å². The van der Waals surface area contributed by atoms with Crippen molar-refractivity contribution >= 4 is 32.3 Å². The van der Waals surface area contributed by atoms with Crippen molar-refractivity contribution in [2.45, 2.75) is 11.8 Å². The largest absolute Gasteiger partial charge is 0.353 e. The second-order valence-corrected chi connectivity index (χ2v) is 8.27. The first-order chi connectivity index (χ1) is 13.3. The van der Waals surface area contributed by atoms with Crippen molar-refractivity contribution in [3.8, 4) is 0 Å². The Balaban J connectivity index is 1.78. The van der Waals surface area contributed by atoms with Crippen molar-refractivity contribution in [3.63, 3.8) is 0 Å². The monoisotopic (exact) mass is 398 g/mol. The Labute approximate surface area is 161 Å². The molecule has 0 spiro atoms. The number of aryl methyl sites for hydroxylation is 1. The maximum absolute atomic E-state index is 14.1. The number of benzene rings is 3. The van der Waals surface area contributed by atoms with Crippen LogP contribution in [0.25, 0.3) is 10.9 Å². The minimum atomic E-state index is -3.97. The Morgan fingerprint density at radius 3 is 2.50 bits per heavy atom. The van der Waals surface area contributed by atoms with Crippen LogP contribution in [0.3, 0.4) is 0 Å². The fourth-order valence-corrected chi connectivity index (χ4v) is 4.39. The molecule has 0 aliphatic carbocycles. The van der Waals surface area contributed by atoms with E-state index >= 15 is 0 Å². The Hall–Kier alpha value is -3.19. The van der Waals surface area contributed by atoms with E-state index in [1.807, 2.05) is 0 Å². The fraction of sp³-hybridized carbons (Fsp3) is 0.0476. The molecule has 0 amide bonds. The van der Waals surface area contributed by atoms with Gasteiger partial charge >= 0.3 is 0 Å². The molecule has 1 heterocycles. The minimum absolute atomic E-state index is 0.145. The highest BCUT2D eigenvalue weighted by Gasteiger charge is 2.19. The molecule has 4 aromatic rings. The number of halogens is 2. The highest BCUT2D eigenvalue weighted by molar-refractivity contribution is 7.90. The Morgan fingerprint density at radius 2 is 1.75 bits per heavy atom. The van der Waals surface area contributed by atoms with Crippen LogP contribution in [0.2, 0.25) is 0 Å². The summed E-state index contributed by atoms with van der Waals surface area (Å²) in [5.74, 6) is -1.03. The molecule has 28 heavy (non-hydrogen) atoms. The molecule has 3 aromatic carbocycles. The van der Waals surface area contributed by atoms with E-state index in [-0.39, 0.29) is 10.6 Å². The molecule has 0 bridgehead atoms. The quantitative estimate of drug-likeness (QED) is 0.514. The molecule has 0 unspecified atom stereocenters. The third-order valence-corrected chi connectivity index (χ3v) is 6.10. The van der Waals surface area contributed by atoms with Crippen LogP contribution in [0, 0.1) is 18.6 Å². The summed E-state index contributed by atoms with van der Waals surface area (Å²) >= 11 is 0. The molecular weight excluding hydrogens is 382 g/mol. The molecule has 1 N–H and O–H groups in total. The van der Waals surface area contributed by atoms with Gasteiger partial charge in [-0.25, -0.2) is 21.2 Å². The van der Waals surface area contributed by atoms with Crippen LogP contribution in [0.15, 0.2) is 77.8 Å². The van der Waals surface area contributed by atoms with Gasteiger partial charge in [0.25, 0.3) is 10.0 Å². The van der Waals surface area contributed by atoms with Crippen LogP contribution < -0.4 is 5.32 Å². The van der Waals surface area contributed by atoms with Gasteiger partial charge in [0.2, 0.25) is 0 Å². The van der Waals surface area contributed by atoms with Gasteiger partial charge in [0.15, 0.2) is 0 Å². The first-order valence-corrected chi connectivity index (χ1v) is 9.94. The SMILES string of the molecule is Cc1ccc(Nc2ccc3ccn(S(=O)(=O)c4cccc(F)c4)c3c2)c(F)c1. The summed E-state index contributed by atoms with van der Waals surface area (Å²) in [6.45, 7) is 1.79. The molecule has 0 saturated carbocycles. The standard InChI is InChI=1S/C21H16F2N2O2S/c1-14-5-8-20(19(23)11-14)24-17-7-6-15-9-10-25(21(15)13-17)28(26,27)18-4-2-3-16(22)12-18/h2-13,24H,1H3. The van der Waals surface area contributed by atoms with Crippen LogP contribution >= 0.6 is 0 Å². The number of nitrogens with zero attached hydrogens (tertiary/aromatic N) is 1. The van der Waals surface area contributed by atoms with Crippen molar-refractivity contribution in [1.29, 1.82) is 0 Å². The lowest BCUT2D eigenvalue weighted by molar-refractivity contribution is 0.584. The lowest BCUT2D eigenvalue weighted by Gasteiger charge is -2.11. The van der Waals surface area contributed by atoms with E-state index < -0.39 is 21.7 Å². The highest BCUT2D eigenvalue weighted by atomic mass is 32.2. The smallest absolute Gasteiger partial charge is 0.268 e. The van der Waals surface area contributed by atoms with Crippen molar-refractivity contribution in [1.82, 2.24) is 3.97 Å². The average molecular weight is 398 g/mol. The minimum Gasteiger partial charge on any atom is -0.353 e. The molecule has 0 aliphatic heterocycles. The van der Waals surface area contributed by atoms with Gasteiger partial charge in [-0.15, -0.1) is 0 Å². The molecule has 0 saturated heterocycles. The van der Waals surface area contributed by atoms with Gasteiger partial charge in [-0.2, -0.15) is 0 Å². The normalized spacial score (nSPS) is 11.7. The van der Waals surface area contributed by atoms with Gasteiger partial charge in [-0.3, -0.25) is 0 Å². The van der Waals surface area contributed by atoms with Crippen molar-refractivity contribution in [2.75, 3.05) is 5.32 Å². The maximum atomic E-state index is 14.1. The molecule has 7 heteroatoms.